The molecule has 1 aromatic carbocycles. The summed E-state index contributed by atoms with van der Waals surface area (Å²) in [5, 5.41) is 0. The van der Waals surface area contributed by atoms with Gasteiger partial charge in [0, 0.05) is 26.2 Å². The van der Waals surface area contributed by atoms with Crippen LogP contribution in [0.3, 0.4) is 0 Å². The number of sulfonamides is 1. The average Bonchev–Trinajstić information content (AvgIpc) is 2.48. The summed E-state index contributed by atoms with van der Waals surface area (Å²) in [7, 11) is -3.17. The van der Waals surface area contributed by atoms with E-state index in [9.17, 15) is 13.2 Å². The van der Waals surface area contributed by atoms with Crippen molar-refractivity contribution in [3.05, 3.63) is 29.8 Å². The van der Waals surface area contributed by atoms with Gasteiger partial charge in [-0.15, -0.1) is 0 Å². The number of nitrogens with zero attached hydrogens (tertiary/aromatic N) is 2. The van der Waals surface area contributed by atoms with Gasteiger partial charge in [0.1, 0.15) is 5.75 Å². The monoisotopic (exact) mass is 340 g/mol. The van der Waals surface area contributed by atoms with Gasteiger partial charge in [-0.05, 0) is 31.5 Å². The van der Waals surface area contributed by atoms with Crippen LogP contribution in [0.15, 0.2) is 24.3 Å². The molecule has 2 rings (SSSR count). The maximum absolute atomic E-state index is 12.3. The van der Waals surface area contributed by atoms with E-state index in [0.29, 0.717) is 32.6 Å². The van der Waals surface area contributed by atoms with E-state index in [4.69, 9.17) is 4.74 Å². The molecule has 1 aromatic rings. The second kappa shape index (κ2) is 7.31. The van der Waals surface area contributed by atoms with Crippen molar-refractivity contribution in [3.63, 3.8) is 0 Å². The fraction of sp³-hybridized carbons (Fsp3) is 0.562. The Hall–Kier alpha value is -1.60. The molecular weight excluding hydrogens is 316 g/mol. The minimum atomic E-state index is -3.17. The fourth-order valence-corrected chi connectivity index (χ4v) is 3.34. The molecular formula is C16H24N2O4S. The molecule has 1 amide bonds. The summed E-state index contributed by atoms with van der Waals surface area (Å²) >= 11 is 0. The largest absolute Gasteiger partial charge is 0.491 e. The number of piperazine rings is 1. The number of hydrogen-bond acceptors (Lipinski definition) is 4. The molecule has 0 radical (unpaired) electrons. The van der Waals surface area contributed by atoms with Gasteiger partial charge in [-0.2, -0.15) is 4.31 Å². The zero-order chi connectivity index (χ0) is 17.0. The number of rotatable bonds is 5. The van der Waals surface area contributed by atoms with Crippen molar-refractivity contribution in [1.82, 2.24) is 9.21 Å². The number of ether oxygens (including phenoxy) is 1. The minimum Gasteiger partial charge on any atom is -0.491 e. The molecule has 128 valence electrons. The first kappa shape index (κ1) is 17.7. The summed E-state index contributed by atoms with van der Waals surface area (Å²) in [6.45, 7) is 5.56. The summed E-state index contributed by atoms with van der Waals surface area (Å²) in [6, 6.07) is 7.51. The highest BCUT2D eigenvalue weighted by atomic mass is 32.2. The van der Waals surface area contributed by atoms with Crippen molar-refractivity contribution in [2.45, 2.75) is 26.4 Å². The minimum absolute atomic E-state index is 0.0238. The summed E-state index contributed by atoms with van der Waals surface area (Å²) < 4.78 is 29.9. The number of hydrogen-bond donors (Lipinski definition) is 0. The molecule has 0 aromatic heterocycles. The molecule has 1 saturated heterocycles. The predicted molar refractivity (Wildman–Crippen MR) is 88.9 cm³/mol. The Morgan fingerprint density at radius 1 is 1.13 bits per heavy atom. The van der Waals surface area contributed by atoms with E-state index in [2.05, 4.69) is 0 Å². The Labute approximate surface area is 138 Å². The van der Waals surface area contributed by atoms with Crippen LogP contribution in [-0.2, 0) is 21.2 Å². The Bertz CT molecular complexity index is 633. The van der Waals surface area contributed by atoms with Crippen molar-refractivity contribution in [2.24, 2.45) is 0 Å². The van der Waals surface area contributed by atoms with Crippen LogP contribution in [0, 0.1) is 0 Å². The van der Waals surface area contributed by atoms with Crippen LogP contribution in [-0.4, -0.2) is 62.1 Å². The van der Waals surface area contributed by atoms with Crippen molar-refractivity contribution in [1.29, 1.82) is 0 Å². The summed E-state index contributed by atoms with van der Waals surface area (Å²) in [5.74, 6) is 0.814. The molecule has 0 aliphatic carbocycles. The highest BCUT2D eigenvalue weighted by Gasteiger charge is 2.25. The topological polar surface area (TPSA) is 66.9 Å². The number of benzene rings is 1. The highest BCUT2D eigenvalue weighted by molar-refractivity contribution is 7.88. The van der Waals surface area contributed by atoms with Crippen LogP contribution in [0.1, 0.15) is 19.4 Å². The van der Waals surface area contributed by atoms with E-state index >= 15 is 0 Å². The van der Waals surface area contributed by atoms with Gasteiger partial charge in [-0.25, -0.2) is 8.42 Å². The Morgan fingerprint density at radius 3 is 2.17 bits per heavy atom. The van der Waals surface area contributed by atoms with Gasteiger partial charge in [0.05, 0.1) is 18.8 Å². The predicted octanol–water partition coefficient (Wildman–Crippen LogP) is 1.12. The molecule has 0 saturated carbocycles. The molecule has 0 unspecified atom stereocenters. The zero-order valence-corrected chi connectivity index (χ0v) is 14.7. The van der Waals surface area contributed by atoms with Crippen LogP contribution in [0.4, 0.5) is 0 Å². The first-order chi connectivity index (χ1) is 10.8. The van der Waals surface area contributed by atoms with Gasteiger partial charge in [0.15, 0.2) is 0 Å². The third-order valence-electron chi connectivity index (χ3n) is 3.71. The van der Waals surface area contributed by atoms with Gasteiger partial charge in [0.2, 0.25) is 15.9 Å². The van der Waals surface area contributed by atoms with E-state index in [1.54, 1.807) is 4.90 Å². The van der Waals surface area contributed by atoms with Gasteiger partial charge in [-0.1, -0.05) is 12.1 Å². The molecule has 1 heterocycles. The zero-order valence-electron chi connectivity index (χ0n) is 13.9. The lowest BCUT2D eigenvalue weighted by Gasteiger charge is -2.33. The third-order valence-corrected chi connectivity index (χ3v) is 5.01. The molecule has 1 aliphatic heterocycles. The van der Waals surface area contributed by atoms with E-state index < -0.39 is 10.0 Å². The number of amides is 1. The lowest BCUT2D eigenvalue weighted by atomic mass is 10.1. The van der Waals surface area contributed by atoms with Gasteiger partial charge >= 0.3 is 0 Å². The van der Waals surface area contributed by atoms with Crippen LogP contribution in [0.5, 0.6) is 5.75 Å². The van der Waals surface area contributed by atoms with E-state index in [-0.39, 0.29) is 12.0 Å². The van der Waals surface area contributed by atoms with Crippen LogP contribution >= 0.6 is 0 Å². The lowest BCUT2D eigenvalue weighted by Crippen LogP contribution is -2.50. The standard InChI is InChI=1S/C16H24N2O4S/c1-13(2)22-15-6-4-14(5-7-15)12-16(19)17-8-10-18(11-9-17)23(3,20)21/h4-7,13H,8-12H2,1-3H3. The fourth-order valence-electron chi connectivity index (χ4n) is 2.51. The normalized spacial score (nSPS) is 16.6. The average molecular weight is 340 g/mol. The second-order valence-electron chi connectivity index (χ2n) is 6.03. The highest BCUT2D eigenvalue weighted by Crippen LogP contribution is 2.15. The van der Waals surface area contributed by atoms with E-state index in [0.717, 1.165) is 11.3 Å². The quantitative estimate of drug-likeness (QED) is 0.806. The maximum Gasteiger partial charge on any atom is 0.227 e. The van der Waals surface area contributed by atoms with E-state index in [1.165, 1.54) is 10.6 Å². The lowest BCUT2D eigenvalue weighted by molar-refractivity contribution is -0.131. The summed E-state index contributed by atoms with van der Waals surface area (Å²) in [4.78, 5) is 14.0. The molecule has 7 heteroatoms. The first-order valence-corrected chi connectivity index (χ1v) is 9.59. The number of carbonyl (C=O) groups excluding carboxylic acids is 1. The van der Waals surface area contributed by atoms with Gasteiger partial charge < -0.3 is 9.64 Å². The summed E-state index contributed by atoms with van der Waals surface area (Å²) in [5.41, 5.74) is 0.927. The molecule has 0 spiro atoms. The van der Waals surface area contributed by atoms with Crippen LogP contribution in [0.25, 0.3) is 0 Å². The Balaban J connectivity index is 1.88. The Kier molecular flexibility index (Phi) is 5.64. The molecule has 1 aliphatic rings. The smallest absolute Gasteiger partial charge is 0.227 e. The van der Waals surface area contributed by atoms with Gasteiger partial charge in [-0.3, -0.25) is 4.79 Å². The molecule has 23 heavy (non-hydrogen) atoms. The molecule has 0 bridgehead atoms. The Morgan fingerprint density at radius 2 is 1.70 bits per heavy atom. The maximum atomic E-state index is 12.3. The van der Waals surface area contributed by atoms with Crippen molar-refractivity contribution in [3.8, 4) is 5.75 Å². The first-order valence-electron chi connectivity index (χ1n) is 7.74. The molecule has 0 N–H and O–H groups in total. The van der Waals surface area contributed by atoms with Crippen molar-refractivity contribution >= 4 is 15.9 Å². The summed E-state index contributed by atoms with van der Waals surface area (Å²) in [6.07, 6.45) is 1.64. The van der Waals surface area contributed by atoms with Gasteiger partial charge in [0.25, 0.3) is 0 Å². The third kappa shape index (κ3) is 5.21. The second-order valence-corrected chi connectivity index (χ2v) is 8.01. The van der Waals surface area contributed by atoms with Crippen molar-refractivity contribution < 1.29 is 17.9 Å². The molecule has 0 atom stereocenters. The van der Waals surface area contributed by atoms with Crippen LogP contribution in [0.2, 0.25) is 0 Å². The van der Waals surface area contributed by atoms with Crippen LogP contribution < -0.4 is 4.74 Å². The molecule has 1 fully saturated rings. The van der Waals surface area contributed by atoms with Crippen molar-refractivity contribution in [2.75, 3.05) is 32.4 Å². The van der Waals surface area contributed by atoms with E-state index in [1.807, 2.05) is 38.1 Å². The number of carbonyl (C=O) groups is 1. The molecule has 6 nitrogen and oxygen atoms in total. The SMILES string of the molecule is CC(C)Oc1ccc(CC(=O)N2CCN(S(C)(=O)=O)CC2)cc1.